The molecule has 3 rings (SSSR count). The van der Waals surface area contributed by atoms with E-state index in [1.807, 2.05) is 0 Å². The highest BCUT2D eigenvalue weighted by molar-refractivity contribution is 5.90. The molecule has 0 radical (unpaired) electrons. The minimum absolute atomic E-state index is 0.0725. The molecule has 1 atom stereocenters. The van der Waals surface area contributed by atoms with Crippen molar-refractivity contribution in [2.45, 2.75) is 13.0 Å². The van der Waals surface area contributed by atoms with Gasteiger partial charge in [0.2, 0.25) is 0 Å². The molecule has 0 unspecified atom stereocenters. The first-order valence-corrected chi connectivity index (χ1v) is 7.95. The number of rotatable bonds is 3. The number of hydrogen-bond acceptors (Lipinski definition) is 3. The standard InChI is InChI=1S/C18H15F3N4O2/c1-9(16-11-4-3-5-13(20)15(11)17(26)24-23-16)25(2)18(27)22-10-6-7-12(19)14(21)8-10/h3-9H,1-2H3,(H,22,27)(H,24,26)/t9-/m0/s1. The van der Waals surface area contributed by atoms with E-state index < -0.39 is 35.1 Å². The molecule has 140 valence electrons. The predicted molar refractivity (Wildman–Crippen MR) is 93.9 cm³/mol. The van der Waals surface area contributed by atoms with Gasteiger partial charge in [-0.15, -0.1) is 0 Å². The number of aromatic amines is 1. The first kappa shape index (κ1) is 18.4. The molecule has 1 heterocycles. The largest absolute Gasteiger partial charge is 0.322 e. The van der Waals surface area contributed by atoms with Crippen LogP contribution in [-0.2, 0) is 0 Å². The van der Waals surface area contributed by atoms with E-state index in [0.717, 1.165) is 18.2 Å². The number of hydrogen-bond donors (Lipinski definition) is 2. The Morgan fingerprint density at radius 3 is 2.59 bits per heavy atom. The Hall–Kier alpha value is -3.36. The molecule has 0 bridgehead atoms. The molecule has 0 aliphatic heterocycles. The van der Waals surface area contributed by atoms with Crippen LogP contribution in [0.5, 0.6) is 0 Å². The van der Waals surface area contributed by atoms with Gasteiger partial charge in [-0.25, -0.2) is 23.1 Å². The molecule has 2 aromatic carbocycles. The molecule has 0 fully saturated rings. The molecular formula is C18H15F3N4O2. The van der Waals surface area contributed by atoms with Crippen molar-refractivity contribution in [2.24, 2.45) is 0 Å². The minimum Gasteiger partial charge on any atom is -0.319 e. The normalized spacial score (nSPS) is 12.0. The molecule has 0 spiro atoms. The predicted octanol–water partition coefficient (Wildman–Crippen LogP) is 3.57. The fourth-order valence-electron chi connectivity index (χ4n) is 2.66. The number of anilines is 1. The summed E-state index contributed by atoms with van der Waals surface area (Å²) < 4.78 is 40.3. The second kappa shape index (κ2) is 7.10. The first-order chi connectivity index (χ1) is 12.8. The lowest BCUT2D eigenvalue weighted by Gasteiger charge is -2.25. The molecule has 27 heavy (non-hydrogen) atoms. The van der Waals surface area contributed by atoms with Crippen molar-refractivity contribution >= 4 is 22.5 Å². The summed E-state index contributed by atoms with van der Waals surface area (Å²) in [7, 11) is 1.46. The molecule has 9 heteroatoms. The van der Waals surface area contributed by atoms with Gasteiger partial charge in [0, 0.05) is 24.2 Å². The van der Waals surface area contributed by atoms with E-state index in [2.05, 4.69) is 15.5 Å². The van der Waals surface area contributed by atoms with Crippen molar-refractivity contribution in [3.63, 3.8) is 0 Å². The highest BCUT2D eigenvalue weighted by Gasteiger charge is 2.22. The van der Waals surface area contributed by atoms with E-state index in [9.17, 15) is 22.8 Å². The van der Waals surface area contributed by atoms with Crippen LogP contribution < -0.4 is 10.9 Å². The van der Waals surface area contributed by atoms with Crippen molar-refractivity contribution in [1.29, 1.82) is 0 Å². The van der Waals surface area contributed by atoms with Gasteiger partial charge in [-0.3, -0.25) is 4.79 Å². The van der Waals surface area contributed by atoms with Gasteiger partial charge in [0.1, 0.15) is 5.82 Å². The lowest BCUT2D eigenvalue weighted by Crippen LogP contribution is -2.34. The second-order valence-corrected chi connectivity index (χ2v) is 5.95. The molecule has 1 aromatic heterocycles. The van der Waals surface area contributed by atoms with E-state index in [-0.39, 0.29) is 22.2 Å². The van der Waals surface area contributed by atoms with Gasteiger partial charge >= 0.3 is 6.03 Å². The molecule has 2 amide bonds. The number of nitrogens with zero attached hydrogens (tertiary/aromatic N) is 2. The fraction of sp³-hybridized carbons (Fsp3) is 0.167. The van der Waals surface area contributed by atoms with E-state index in [4.69, 9.17) is 0 Å². The van der Waals surface area contributed by atoms with Gasteiger partial charge in [0.25, 0.3) is 5.56 Å². The van der Waals surface area contributed by atoms with Crippen LogP contribution in [0.3, 0.4) is 0 Å². The van der Waals surface area contributed by atoms with Gasteiger partial charge in [-0.2, -0.15) is 5.10 Å². The topological polar surface area (TPSA) is 78.1 Å². The fourth-order valence-corrected chi connectivity index (χ4v) is 2.66. The number of carbonyl (C=O) groups is 1. The van der Waals surface area contributed by atoms with Crippen molar-refractivity contribution < 1.29 is 18.0 Å². The molecule has 0 saturated carbocycles. The average Bonchev–Trinajstić information content (AvgIpc) is 2.64. The van der Waals surface area contributed by atoms with E-state index in [1.165, 1.54) is 30.1 Å². The number of H-pyrrole nitrogens is 1. The van der Waals surface area contributed by atoms with Crippen LogP contribution >= 0.6 is 0 Å². The Labute approximate surface area is 151 Å². The Morgan fingerprint density at radius 1 is 1.15 bits per heavy atom. The third-order valence-electron chi connectivity index (χ3n) is 4.26. The maximum absolute atomic E-state index is 14.0. The SMILES string of the molecule is C[C@@H](c1n[nH]c(=O)c2c(F)cccc12)N(C)C(=O)Nc1ccc(F)c(F)c1. The lowest BCUT2D eigenvalue weighted by molar-refractivity contribution is 0.207. The maximum atomic E-state index is 14.0. The Morgan fingerprint density at radius 2 is 1.89 bits per heavy atom. The molecule has 3 aromatic rings. The zero-order valence-corrected chi connectivity index (χ0v) is 14.4. The number of aromatic nitrogens is 2. The molecule has 0 saturated heterocycles. The summed E-state index contributed by atoms with van der Waals surface area (Å²) in [5.74, 6) is -2.81. The third kappa shape index (κ3) is 3.48. The summed E-state index contributed by atoms with van der Waals surface area (Å²) >= 11 is 0. The Kier molecular flexibility index (Phi) is 4.85. The van der Waals surface area contributed by atoms with Crippen LogP contribution in [-0.4, -0.2) is 28.2 Å². The van der Waals surface area contributed by atoms with Gasteiger partial charge < -0.3 is 10.2 Å². The van der Waals surface area contributed by atoms with Crippen LogP contribution in [0.1, 0.15) is 18.7 Å². The summed E-state index contributed by atoms with van der Waals surface area (Å²) in [5, 5.41) is 8.74. The zero-order chi connectivity index (χ0) is 19.7. The highest BCUT2D eigenvalue weighted by Crippen LogP contribution is 2.25. The summed E-state index contributed by atoms with van der Waals surface area (Å²) in [6.07, 6.45) is 0. The number of urea groups is 1. The third-order valence-corrected chi connectivity index (χ3v) is 4.26. The monoisotopic (exact) mass is 376 g/mol. The van der Waals surface area contributed by atoms with Crippen molar-refractivity contribution in [3.05, 3.63) is 69.9 Å². The van der Waals surface area contributed by atoms with Gasteiger partial charge in [-0.1, -0.05) is 12.1 Å². The van der Waals surface area contributed by atoms with Crippen molar-refractivity contribution in [1.82, 2.24) is 15.1 Å². The quantitative estimate of drug-likeness (QED) is 0.734. The number of fused-ring (bicyclic) bond motifs is 1. The summed E-state index contributed by atoms with van der Waals surface area (Å²) in [6.45, 7) is 1.63. The van der Waals surface area contributed by atoms with E-state index in [0.29, 0.717) is 0 Å². The van der Waals surface area contributed by atoms with E-state index >= 15 is 0 Å². The van der Waals surface area contributed by atoms with Crippen LogP contribution in [0.4, 0.5) is 23.7 Å². The molecule has 2 N–H and O–H groups in total. The maximum Gasteiger partial charge on any atom is 0.322 e. The van der Waals surface area contributed by atoms with Crippen LogP contribution in [0.25, 0.3) is 10.8 Å². The number of benzene rings is 2. The van der Waals surface area contributed by atoms with Crippen LogP contribution in [0.2, 0.25) is 0 Å². The summed E-state index contributed by atoms with van der Waals surface area (Å²) in [6, 6.07) is 5.83. The lowest BCUT2D eigenvalue weighted by atomic mass is 10.1. The summed E-state index contributed by atoms with van der Waals surface area (Å²) in [5.41, 5.74) is -0.316. The number of carbonyl (C=O) groups excluding carboxylic acids is 1. The molecular weight excluding hydrogens is 361 g/mol. The second-order valence-electron chi connectivity index (χ2n) is 5.95. The van der Waals surface area contributed by atoms with Gasteiger partial charge in [0.15, 0.2) is 11.6 Å². The Balaban J connectivity index is 1.90. The number of amides is 2. The van der Waals surface area contributed by atoms with E-state index in [1.54, 1.807) is 6.92 Å². The van der Waals surface area contributed by atoms with Gasteiger partial charge in [-0.05, 0) is 25.1 Å². The average molecular weight is 376 g/mol. The number of halogens is 3. The Bertz CT molecular complexity index is 1080. The van der Waals surface area contributed by atoms with Crippen LogP contribution in [0.15, 0.2) is 41.2 Å². The minimum atomic E-state index is -1.09. The highest BCUT2D eigenvalue weighted by atomic mass is 19.2. The van der Waals surface area contributed by atoms with Crippen molar-refractivity contribution in [3.8, 4) is 0 Å². The summed E-state index contributed by atoms with van der Waals surface area (Å²) in [4.78, 5) is 25.5. The van der Waals surface area contributed by atoms with Crippen molar-refractivity contribution in [2.75, 3.05) is 12.4 Å². The zero-order valence-electron chi connectivity index (χ0n) is 14.4. The molecule has 0 aliphatic rings. The first-order valence-electron chi connectivity index (χ1n) is 7.95. The molecule has 6 nitrogen and oxygen atoms in total. The van der Waals surface area contributed by atoms with Crippen LogP contribution in [0, 0.1) is 17.5 Å². The smallest absolute Gasteiger partial charge is 0.319 e. The molecule has 0 aliphatic carbocycles. The van der Waals surface area contributed by atoms with Gasteiger partial charge in [0.05, 0.1) is 17.1 Å². The number of nitrogens with one attached hydrogen (secondary N) is 2.